The Balaban J connectivity index is 2.08. The number of esters is 2. The first-order chi connectivity index (χ1) is 16.2. The molecule has 35 heavy (non-hydrogen) atoms. The molecule has 1 saturated carbocycles. The third kappa shape index (κ3) is 3.08. The highest BCUT2D eigenvalue weighted by Gasteiger charge is 2.94. The Bertz CT molecular complexity index is 1190. The van der Waals surface area contributed by atoms with Crippen LogP contribution in [0.3, 0.4) is 0 Å². The lowest BCUT2D eigenvalue weighted by molar-refractivity contribution is -0.162. The molecule has 0 bridgehead atoms. The lowest BCUT2D eigenvalue weighted by Crippen LogP contribution is -2.39. The molecule has 2 aliphatic carbocycles. The van der Waals surface area contributed by atoms with Crippen molar-refractivity contribution in [2.45, 2.75) is 58.3 Å². The highest BCUT2D eigenvalue weighted by atomic mass is 16.5. The number of hydrogen-bond donors (Lipinski definition) is 0. The number of Topliss-reactive ketones (excluding diaryl/α,β-unsaturated/α-hetero) is 2. The quantitative estimate of drug-likeness (QED) is 0.468. The predicted octanol–water partition coefficient (Wildman–Crippen LogP) is 4.78. The van der Waals surface area contributed by atoms with Gasteiger partial charge < -0.3 is 9.47 Å². The molecular weight excluding hydrogens is 444 g/mol. The zero-order chi connectivity index (χ0) is 26.1. The Morgan fingerprint density at radius 1 is 0.743 bits per heavy atom. The fourth-order valence-corrected chi connectivity index (χ4v) is 5.65. The van der Waals surface area contributed by atoms with Gasteiger partial charge in [0.2, 0.25) is 0 Å². The molecule has 2 aromatic carbocycles. The van der Waals surface area contributed by atoms with Crippen LogP contribution in [0.25, 0.3) is 0 Å². The van der Waals surface area contributed by atoms with Crippen molar-refractivity contribution in [1.82, 2.24) is 0 Å². The highest BCUT2D eigenvalue weighted by Crippen LogP contribution is 2.79. The molecule has 0 aromatic heterocycles. The average Bonchev–Trinajstić information content (AvgIpc) is 3.40. The summed E-state index contributed by atoms with van der Waals surface area (Å²) in [5, 5.41) is 0. The van der Waals surface area contributed by atoms with E-state index in [0.29, 0.717) is 5.56 Å². The first-order valence-corrected chi connectivity index (χ1v) is 11.7. The second-order valence-corrected chi connectivity index (χ2v) is 11.6. The van der Waals surface area contributed by atoms with Crippen LogP contribution in [0.4, 0.5) is 0 Å². The van der Waals surface area contributed by atoms with Crippen molar-refractivity contribution in [2.75, 3.05) is 14.2 Å². The smallest absolute Gasteiger partial charge is 0.325 e. The summed E-state index contributed by atoms with van der Waals surface area (Å²) in [6.07, 6.45) is 0. The van der Waals surface area contributed by atoms with Crippen molar-refractivity contribution in [3.05, 3.63) is 70.3 Å². The zero-order valence-corrected chi connectivity index (χ0v) is 21.6. The van der Waals surface area contributed by atoms with Gasteiger partial charge in [-0.25, -0.2) is 0 Å². The van der Waals surface area contributed by atoms with Crippen molar-refractivity contribution < 1.29 is 28.7 Å². The highest BCUT2D eigenvalue weighted by molar-refractivity contribution is 6.39. The lowest BCUT2D eigenvalue weighted by Gasteiger charge is -2.26. The minimum atomic E-state index is -2.10. The molecule has 0 aliphatic heterocycles. The van der Waals surface area contributed by atoms with Crippen LogP contribution in [0.5, 0.6) is 0 Å². The van der Waals surface area contributed by atoms with Crippen LogP contribution >= 0.6 is 0 Å². The molecule has 0 radical (unpaired) electrons. The van der Waals surface area contributed by atoms with Crippen LogP contribution in [0.2, 0.25) is 0 Å². The van der Waals surface area contributed by atoms with Gasteiger partial charge in [-0.1, -0.05) is 84.0 Å². The molecular formula is C29H32O6. The van der Waals surface area contributed by atoms with E-state index in [2.05, 4.69) is 47.6 Å². The first-order valence-electron chi connectivity index (χ1n) is 11.7. The maximum atomic E-state index is 14.0. The Morgan fingerprint density at radius 2 is 1.14 bits per heavy atom. The first kappa shape index (κ1) is 24.8. The van der Waals surface area contributed by atoms with Gasteiger partial charge in [-0.05, 0) is 27.5 Å². The van der Waals surface area contributed by atoms with E-state index in [0.717, 1.165) is 25.3 Å². The number of fused-ring (bicyclic) bond motifs is 1. The third-order valence-corrected chi connectivity index (χ3v) is 7.57. The second-order valence-electron chi connectivity index (χ2n) is 11.6. The van der Waals surface area contributed by atoms with Crippen molar-refractivity contribution in [3.63, 3.8) is 0 Å². The molecule has 1 spiro atoms. The molecule has 6 nitrogen and oxygen atoms in total. The summed E-state index contributed by atoms with van der Waals surface area (Å²) >= 11 is 0. The molecule has 2 aliphatic rings. The van der Waals surface area contributed by atoms with Gasteiger partial charge in [0.05, 0.1) is 14.2 Å². The molecule has 0 heterocycles. The topological polar surface area (TPSA) is 86.7 Å². The molecule has 0 amide bonds. The number of rotatable bonds is 3. The van der Waals surface area contributed by atoms with Gasteiger partial charge in [-0.2, -0.15) is 0 Å². The van der Waals surface area contributed by atoms with Crippen molar-refractivity contribution in [1.29, 1.82) is 0 Å². The lowest BCUT2D eigenvalue weighted by atomic mass is 9.78. The van der Waals surface area contributed by atoms with E-state index in [4.69, 9.17) is 9.47 Å². The van der Waals surface area contributed by atoms with Crippen LogP contribution < -0.4 is 0 Å². The number of carbonyl (C=O) groups is 4. The van der Waals surface area contributed by atoms with Gasteiger partial charge >= 0.3 is 11.9 Å². The molecule has 184 valence electrons. The van der Waals surface area contributed by atoms with E-state index in [-0.39, 0.29) is 22.0 Å². The molecule has 4 rings (SSSR count). The minimum absolute atomic E-state index is 0.209. The standard InChI is InChI=1S/C29H32O6/c1-26(2,3)17-13-16(14-18(15-17)27(4,5)6)21-28(29(21,24(32)34-7)25(33)35-8)22(30)19-11-9-10-12-20(19)23(28)31/h9-15,21H,1-8H3/t21-/m0/s1. The maximum Gasteiger partial charge on any atom is 0.325 e. The fourth-order valence-electron chi connectivity index (χ4n) is 5.65. The van der Waals surface area contributed by atoms with E-state index in [1.54, 1.807) is 24.3 Å². The number of methoxy groups -OCH3 is 2. The Hall–Kier alpha value is -3.28. The normalized spacial score (nSPS) is 19.9. The van der Waals surface area contributed by atoms with Crippen molar-refractivity contribution in [3.8, 4) is 0 Å². The Kier molecular flexibility index (Phi) is 5.40. The number of benzene rings is 2. The number of ether oxygens (including phenoxy) is 2. The SMILES string of the molecule is COC(=O)C1(C(=O)OC)[C@@H](c2cc(C(C)(C)C)cc(C(C)(C)C)c2)C12C(=O)c1ccccc1C2=O. The second kappa shape index (κ2) is 7.61. The zero-order valence-electron chi connectivity index (χ0n) is 21.6. The van der Waals surface area contributed by atoms with E-state index in [1.807, 2.05) is 12.1 Å². The summed E-state index contributed by atoms with van der Waals surface area (Å²) in [6.45, 7) is 12.4. The van der Waals surface area contributed by atoms with Crippen molar-refractivity contribution in [2.24, 2.45) is 10.8 Å². The van der Waals surface area contributed by atoms with Crippen LogP contribution in [0.1, 0.15) is 84.9 Å². The summed E-state index contributed by atoms with van der Waals surface area (Å²) in [6, 6.07) is 12.4. The van der Waals surface area contributed by atoms with Gasteiger partial charge in [0, 0.05) is 17.0 Å². The maximum absolute atomic E-state index is 14.0. The summed E-state index contributed by atoms with van der Waals surface area (Å²) in [4.78, 5) is 54.8. The number of ketones is 2. The monoisotopic (exact) mass is 476 g/mol. The number of hydrogen-bond acceptors (Lipinski definition) is 6. The van der Waals surface area contributed by atoms with Gasteiger partial charge in [0.1, 0.15) is 5.41 Å². The van der Waals surface area contributed by atoms with Crippen LogP contribution in [-0.4, -0.2) is 37.7 Å². The average molecular weight is 477 g/mol. The summed E-state index contributed by atoms with van der Waals surface area (Å²) < 4.78 is 10.2. The van der Waals surface area contributed by atoms with Crippen LogP contribution in [0.15, 0.2) is 42.5 Å². The molecule has 1 fully saturated rings. The Labute approximate surface area is 206 Å². The minimum Gasteiger partial charge on any atom is -0.468 e. The summed E-state index contributed by atoms with van der Waals surface area (Å²) in [5.74, 6) is -4.02. The van der Waals surface area contributed by atoms with Crippen LogP contribution in [-0.2, 0) is 29.9 Å². The van der Waals surface area contributed by atoms with Crippen LogP contribution in [0, 0.1) is 10.8 Å². The summed E-state index contributed by atoms with van der Waals surface area (Å²) in [5.41, 5.74) is -1.62. The molecule has 0 N–H and O–H groups in total. The van der Waals surface area contributed by atoms with Crippen molar-refractivity contribution >= 4 is 23.5 Å². The van der Waals surface area contributed by atoms with E-state index in [9.17, 15) is 19.2 Å². The van der Waals surface area contributed by atoms with Gasteiger partial charge in [0.25, 0.3) is 0 Å². The van der Waals surface area contributed by atoms with Gasteiger partial charge in [-0.3, -0.25) is 19.2 Å². The van der Waals surface area contributed by atoms with E-state index >= 15 is 0 Å². The summed E-state index contributed by atoms with van der Waals surface area (Å²) in [7, 11) is 2.30. The molecule has 6 heteroatoms. The molecule has 0 unspecified atom stereocenters. The number of carbonyl (C=O) groups excluding carboxylic acids is 4. The molecule has 2 aromatic rings. The Morgan fingerprint density at radius 3 is 1.49 bits per heavy atom. The van der Waals surface area contributed by atoms with Gasteiger partial charge in [-0.15, -0.1) is 0 Å². The van der Waals surface area contributed by atoms with E-state index < -0.39 is 40.3 Å². The third-order valence-electron chi connectivity index (χ3n) is 7.57. The fraction of sp³-hybridized carbons (Fsp3) is 0.448. The van der Waals surface area contributed by atoms with E-state index in [1.165, 1.54) is 0 Å². The van der Waals surface area contributed by atoms with Gasteiger partial charge in [0.15, 0.2) is 17.0 Å². The predicted molar refractivity (Wildman–Crippen MR) is 131 cm³/mol. The molecule has 0 saturated heterocycles. The molecule has 1 atom stereocenters. The largest absolute Gasteiger partial charge is 0.468 e.